The topological polar surface area (TPSA) is 48.3 Å². The molecule has 0 fully saturated rings. The van der Waals surface area contributed by atoms with Crippen LogP contribution in [0.25, 0.3) is 0 Å². The molecular weight excluding hydrogens is 440 g/mol. The quantitative estimate of drug-likeness (QED) is 0.396. The first kappa shape index (κ1) is 23.1. The molecule has 2 aromatic carbocycles. The molecule has 0 aliphatic rings. The molecule has 0 saturated heterocycles. The molecule has 10 heteroatoms. The molecule has 0 saturated carbocycles. The number of benzene rings is 2. The summed E-state index contributed by atoms with van der Waals surface area (Å²) in [4.78, 5) is 24.8. The molecule has 0 bridgehead atoms. The maximum atomic E-state index is 13.0. The van der Waals surface area contributed by atoms with Gasteiger partial charge in [0.05, 0.1) is 24.3 Å². The van der Waals surface area contributed by atoms with Crippen LogP contribution in [0.2, 0.25) is 0 Å². The summed E-state index contributed by atoms with van der Waals surface area (Å²) in [6.45, 7) is 0. The number of esters is 1. The zero-order chi connectivity index (χ0) is 23.7. The zero-order valence-electron chi connectivity index (χ0n) is 16.4. The van der Waals surface area contributed by atoms with Gasteiger partial charge in [-0.25, -0.2) is 4.79 Å². The Morgan fingerprint density at radius 2 is 1.25 bits per heavy atom. The van der Waals surface area contributed by atoms with E-state index in [1.54, 1.807) is 0 Å². The lowest BCUT2D eigenvalue weighted by Gasteiger charge is -2.22. The number of methoxy groups -OCH3 is 1. The van der Waals surface area contributed by atoms with E-state index in [0.717, 1.165) is 60.2 Å². The van der Waals surface area contributed by atoms with Crippen LogP contribution in [0, 0.1) is 0 Å². The van der Waals surface area contributed by atoms with Gasteiger partial charge in [0.2, 0.25) is 0 Å². The number of nitrogens with zero attached hydrogens (tertiary/aromatic N) is 1. The lowest BCUT2D eigenvalue weighted by molar-refractivity contribution is -0.138. The van der Waals surface area contributed by atoms with Crippen molar-refractivity contribution in [3.63, 3.8) is 0 Å². The zero-order valence-corrected chi connectivity index (χ0v) is 16.4. The summed E-state index contributed by atoms with van der Waals surface area (Å²) in [5, 5.41) is 0. The lowest BCUT2D eigenvalue weighted by atomic mass is 9.96. The first-order valence-electron chi connectivity index (χ1n) is 9.07. The highest BCUT2D eigenvalue weighted by molar-refractivity contribution is 5.88. The fourth-order valence-electron chi connectivity index (χ4n) is 3.20. The SMILES string of the molecule is COC(=O)c1cccn(C(c2ccc(C(F)(F)F)cc2)c2ccc(C(F)(F)F)cc2)c1=O. The second kappa shape index (κ2) is 8.52. The predicted octanol–water partition coefficient (Wildman–Crippen LogP) is 5.31. The number of halogens is 6. The second-order valence-electron chi connectivity index (χ2n) is 6.77. The molecule has 168 valence electrons. The maximum absolute atomic E-state index is 13.0. The number of ether oxygens (including phenoxy) is 1. The van der Waals surface area contributed by atoms with Gasteiger partial charge in [-0.2, -0.15) is 26.3 Å². The molecule has 1 heterocycles. The van der Waals surface area contributed by atoms with E-state index >= 15 is 0 Å². The van der Waals surface area contributed by atoms with E-state index in [9.17, 15) is 35.9 Å². The van der Waals surface area contributed by atoms with Crippen molar-refractivity contribution in [2.45, 2.75) is 18.4 Å². The molecule has 0 spiro atoms. The van der Waals surface area contributed by atoms with Gasteiger partial charge < -0.3 is 9.30 Å². The molecule has 1 aromatic heterocycles. The Morgan fingerprint density at radius 1 is 0.812 bits per heavy atom. The third-order valence-corrected chi connectivity index (χ3v) is 4.77. The normalized spacial score (nSPS) is 12.1. The smallest absolute Gasteiger partial charge is 0.416 e. The predicted molar refractivity (Wildman–Crippen MR) is 102 cm³/mol. The number of alkyl halides is 6. The minimum absolute atomic E-state index is 0.196. The highest BCUT2D eigenvalue weighted by Gasteiger charge is 2.32. The molecule has 3 aromatic rings. The number of rotatable bonds is 4. The van der Waals surface area contributed by atoms with Crippen LogP contribution in [-0.4, -0.2) is 17.6 Å². The maximum Gasteiger partial charge on any atom is 0.416 e. The van der Waals surface area contributed by atoms with Crippen molar-refractivity contribution in [3.05, 3.63) is 105 Å². The monoisotopic (exact) mass is 455 g/mol. The number of hydrogen-bond acceptors (Lipinski definition) is 3. The number of hydrogen-bond donors (Lipinski definition) is 0. The summed E-state index contributed by atoms with van der Waals surface area (Å²) in [6, 6.07) is 9.20. The average Bonchev–Trinajstić information content (AvgIpc) is 2.74. The van der Waals surface area contributed by atoms with E-state index < -0.39 is 41.0 Å². The van der Waals surface area contributed by atoms with Crippen LogP contribution in [0.3, 0.4) is 0 Å². The van der Waals surface area contributed by atoms with Crippen LogP contribution in [0.4, 0.5) is 26.3 Å². The van der Waals surface area contributed by atoms with E-state index in [2.05, 4.69) is 4.74 Å². The molecule has 0 N–H and O–H groups in total. The van der Waals surface area contributed by atoms with Crippen molar-refractivity contribution >= 4 is 5.97 Å². The first-order valence-corrected chi connectivity index (χ1v) is 9.07. The van der Waals surface area contributed by atoms with Crippen LogP contribution in [0.15, 0.2) is 71.7 Å². The highest BCUT2D eigenvalue weighted by atomic mass is 19.4. The third-order valence-electron chi connectivity index (χ3n) is 4.77. The van der Waals surface area contributed by atoms with Crippen molar-refractivity contribution in [1.82, 2.24) is 4.57 Å². The largest absolute Gasteiger partial charge is 0.465 e. The fourth-order valence-corrected chi connectivity index (χ4v) is 3.20. The summed E-state index contributed by atoms with van der Waals surface area (Å²) < 4.78 is 83.3. The molecule has 0 aliphatic heterocycles. The number of carbonyl (C=O) groups is 1. The summed E-state index contributed by atoms with van der Waals surface area (Å²) in [5.74, 6) is -0.928. The second-order valence-corrected chi connectivity index (χ2v) is 6.77. The Bertz CT molecular complexity index is 1110. The molecular formula is C22H15F6NO3. The van der Waals surface area contributed by atoms with E-state index in [-0.39, 0.29) is 16.7 Å². The van der Waals surface area contributed by atoms with Gasteiger partial charge >= 0.3 is 18.3 Å². The molecule has 0 unspecified atom stereocenters. The van der Waals surface area contributed by atoms with Gasteiger partial charge in [0.15, 0.2) is 0 Å². The Balaban J connectivity index is 2.19. The van der Waals surface area contributed by atoms with Crippen molar-refractivity contribution < 1.29 is 35.9 Å². The lowest BCUT2D eigenvalue weighted by Crippen LogP contribution is -2.30. The van der Waals surface area contributed by atoms with E-state index in [1.165, 1.54) is 18.3 Å². The highest BCUT2D eigenvalue weighted by Crippen LogP contribution is 2.34. The molecule has 0 amide bonds. The van der Waals surface area contributed by atoms with Gasteiger partial charge in [-0.1, -0.05) is 24.3 Å². The van der Waals surface area contributed by atoms with Crippen LogP contribution in [0.5, 0.6) is 0 Å². The minimum atomic E-state index is -4.59. The number of carbonyl (C=O) groups excluding carboxylic acids is 1. The van der Waals surface area contributed by atoms with Crippen LogP contribution in [0.1, 0.15) is 38.7 Å². The average molecular weight is 455 g/mol. The summed E-state index contributed by atoms with van der Waals surface area (Å²) in [5.41, 5.74) is -2.61. The van der Waals surface area contributed by atoms with Gasteiger partial charge in [0.1, 0.15) is 5.56 Å². The van der Waals surface area contributed by atoms with Gasteiger partial charge in [0.25, 0.3) is 5.56 Å². The molecule has 0 radical (unpaired) electrons. The molecule has 0 aliphatic carbocycles. The standard InChI is InChI=1S/C22H15F6NO3/c1-32-20(31)17-3-2-12-29(19(17)30)18(13-4-8-15(9-5-13)21(23,24)25)14-6-10-16(11-7-14)22(26,27)28/h2-12,18H,1H3. The Morgan fingerprint density at radius 3 is 1.62 bits per heavy atom. The number of pyridine rings is 1. The van der Waals surface area contributed by atoms with Gasteiger partial charge in [-0.15, -0.1) is 0 Å². The Hall–Kier alpha value is -3.56. The van der Waals surface area contributed by atoms with E-state index in [4.69, 9.17) is 0 Å². The summed E-state index contributed by atoms with van der Waals surface area (Å²) in [6.07, 6.45) is -7.90. The summed E-state index contributed by atoms with van der Waals surface area (Å²) >= 11 is 0. The van der Waals surface area contributed by atoms with E-state index in [0.29, 0.717) is 0 Å². The van der Waals surface area contributed by atoms with Crippen molar-refractivity contribution in [1.29, 1.82) is 0 Å². The van der Waals surface area contributed by atoms with Crippen LogP contribution in [-0.2, 0) is 17.1 Å². The van der Waals surface area contributed by atoms with E-state index in [1.807, 2.05) is 0 Å². The Labute approximate surface area is 177 Å². The van der Waals surface area contributed by atoms with Crippen molar-refractivity contribution in [3.8, 4) is 0 Å². The van der Waals surface area contributed by atoms with Crippen LogP contribution >= 0.6 is 0 Å². The van der Waals surface area contributed by atoms with Crippen molar-refractivity contribution in [2.24, 2.45) is 0 Å². The number of aromatic nitrogens is 1. The van der Waals surface area contributed by atoms with Gasteiger partial charge in [-0.3, -0.25) is 4.79 Å². The Kier molecular flexibility index (Phi) is 6.16. The molecule has 0 atom stereocenters. The molecule has 3 rings (SSSR count). The summed E-state index contributed by atoms with van der Waals surface area (Å²) in [7, 11) is 1.07. The molecule has 4 nitrogen and oxygen atoms in total. The fraction of sp³-hybridized carbons (Fsp3) is 0.182. The first-order chi connectivity index (χ1) is 14.9. The third kappa shape index (κ3) is 4.68. The van der Waals surface area contributed by atoms with Gasteiger partial charge in [-0.05, 0) is 47.5 Å². The molecule has 32 heavy (non-hydrogen) atoms. The van der Waals surface area contributed by atoms with Gasteiger partial charge in [0, 0.05) is 6.20 Å². The van der Waals surface area contributed by atoms with Crippen molar-refractivity contribution in [2.75, 3.05) is 7.11 Å². The van der Waals surface area contributed by atoms with Crippen LogP contribution < -0.4 is 5.56 Å². The minimum Gasteiger partial charge on any atom is -0.465 e.